The molecule has 0 spiro atoms. The lowest BCUT2D eigenvalue weighted by Gasteiger charge is -2.30. The summed E-state index contributed by atoms with van der Waals surface area (Å²) < 4.78 is 62.3. The summed E-state index contributed by atoms with van der Waals surface area (Å²) in [6, 6.07) is 0. The van der Waals surface area contributed by atoms with E-state index in [9.17, 15) is 68.1 Å². The van der Waals surface area contributed by atoms with E-state index < -0.39 is 90.7 Å². The van der Waals surface area contributed by atoms with Crippen LogP contribution in [0.2, 0.25) is 0 Å². The molecule has 2 aromatic rings. The second-order valence-electron chi connectivity index (χ2n) is 15.9. The molecule has 3 heterocycles. The Bertz CT molecular complexity index is 2000. The molecule has 9 unspecified atom stereocenters. The summed E-state index contributed by atoms with van der Waals surface area (Å²) in [7, 11) is -16.4. The number of hydrogen-bond acceptors (Lipinski definition) is 20. The number of nitrogen functional groups attached to an aromatic ring is 1. The molecule has 1 fully saturated rings. The average molecular weight is 1010 g/mol. The van der Waals surface area contributed by atoms with Crippen LogP contribution in [0.5, 0.6) is 0 Å². The van der Waals surface area contributed by atoms with Crippen LogP contribution in [-0.2, 0) is 50.7 Å². The second kappa shape index (κ2) is 26.3. The molecule has 0 bridgehead atoms. The van der Waals surface area contributed by atoms with Crippen molar-refractivity contribution >= 4 is 69.1 Å². The molecule has 30 heteroatoms. The molecule has 0 aliphatic carbocycles. The zero-order valence-electron chi connectivity index (χ0n) is 36.2. The van der Waals surface area contributed by atoms with Crippen molar-refractivity contribution in [3.05, 3.63) is 12.7 Å². The predicted molar refractivity (Wildman–Crippen MR) is 231 cm³/mol. The second-order valence-corrected chi connectivity index (χ2v) is 21.3. The maximum atomic E-state index is 12.7. The molecule has 0 saturated carbocycles. The molecule has 9 atom stereocenters. The highest BCUT2D eigenvalue weighted by Gasteiger charge is 2.50. The van der Waals surface area contributed by atoms with Crippen LogP contribution >= 0.6 is 35.2 Å². The van der Waals surface area contributed by atoms with Crippen LogP contribution in [0.3, 0.4) is 0 Å². The van der Waals surface area contributed by atoms with E-state index in [4.69, 9.17) is 19.5 Å². The zero-order valence-corrected chi connectivity index (χ0v) is 39.7. The van der Waals surface area contributed by atoms with Gasteiger partial charge in [-0.2, -0.15) is 4.31 Å². The van der Waals surface area contributed by atoms with E-state index in [0.29, 0.717) is 6.42 Å². The molecule has 3 rings (SSSR count). The number of ether oxygens (including phenoxy) is 1. The number of nitrogens with two attached hydrogens (primary N) is 1. The smallest absolute Gasteiger partial charge is 0.393 e. The topological polar surface area (TPSA) is 404 Å². The highest BCUT2D eigenvalue weighted by atomic mass is 32.2. The Balaban J connectivity index is 1.36. The Morgan fingerprint density at radius 2 is 1.57 bits per heavy atom. The number of anilines is 1. The van der Waals surface area contributed by atoms with Gasteiger partial charge in [-0.3, -0.25) is 32.5 Å². The third-order valence-corrected chi connectivity index (χ3v) is 13.9. The number of carbonyl (C=O) groups is 3. The fraction of sp³-hybridized carbons (Fsp3) is 0.771. The summed E-state index contributed by atoms with van der Waals surface area (Å²) in [4.78, 5) is 88.2. The molecule has 372 valence electrons. The fourth-order valence-corrected chi connectivity index (χ4v) is 9.92. The minimum Gasteiger partial charge on any atom is -0.393 e. The number of imidazole rings is 1. The number of hydrogen-bond donors (Lipinski definition) is 11. The van der Waals surface area contributed by atoms with Crippen LogP contribution in [0, 0.1) is 5.41 Å². The fourth-order valence-electron chi connectivity index (χ4n) is 6.35. The Morgan fingerprint density at radius 3 is 2.23 bits per heavy atom. The number of phosphoric acid groups is 3. The van der Waals surface area contributed by atoms with Crippen molar-refractivity contribution in [1.82, 2.24) is 30.2 Å². The lowest BCUT2D eigenvalue weighted by Crippen LogP contribution is -2.46. The van der Waals surface area contributed by atoms with Crippen molar-refractivity contribution < 1.29 is 90.7 Å². The van der Waals surface area contributed by atoms with Crippen molar-refractivity contribution in [3.8, 4) is 0 Å². The van der Waals surface area contributed by atoms with Gasteiger partial charge in [0.2, 0.25) is 11.8 Å². The molecule has 65 heavy (non-hydrogen) atoms. The van der Waals surface area contributed by atoms with Gasteiger partial charge >= 0.3 is 23.5 Å². The van der Waals surface area contributed by atoms with E-state index in [2.05, 4.69) is 41.3 Å². The van der Waals surface area contributed by atoms with E-state index in [1.165, 1.54) is 13.8 Å². The van der Waals surface area contributed by atoms with E-state index in [1.54, 1.807) is 0 Å². The third-order valence-electron chi connectivity index (χ3n) is 9.88. The molecule has 0 radical (unpaired) electrons. The number of phosphoric ester groups is 3. The molecule has 2 aromatic heterocycles. The summed E-state index contributed by atoms with van der Waals surface area (Å²) >= 11 is 0.968. The van der Waals surface area contributed by atoms with Crippen LogP contribution in [0.15, 0.2) is 12.7 Å². The minimum absolute atomic E-state index is 0.0176. The average Bonchev–Trinajstić information content (AvgIpc) is 3.77. The Hall–Kier alpha value is -2.52. The van der Waals surface area contributed by atoms with Crippen molar-refractivity contribution in [2.45, 2.75) is 134 Å². The number of amides is 2. The number of aliphatic hydroxyl groups is 4. The Labute approximate surface area is 379 Å². The quantitative estimate of drug-likeness (QED) is 0.0374. The SMILES string of the molecule is CCCCC(O)CCCCCCC(O)CC(=O)SCCNC(=O)CCNC(=O)C(O)C(C)(C)COP(=O)(O)OP(=O)(O)OCC1OC(n2cnc3c(N)ncnc32)C(O)C1OP(=O)(O)O. The number of unbranched alkanes of at least 4 members (excludes halogenated alkanes) is 4. The maximum absolute atomic E-state index is 12.7. The van der Waals surface area contributed by atoms with Crippen molar-refractivity contribution in [3.63, 3.8) is 0 Å². The van der Waals surface area contributed by atoms with Crippen molar-refractivity contribution in [1.29, 1.82) is 0 Å². The molecular formula is C35H62N7O19P3S. The van der Waals surface area contributed by atoms with Crippen LogP contribution in [0.4, 0.5) is 5.82 Å². The van der Waals surface area contributed by atoms with Crippen LogP contribution in [0.1, 0.15) is 97.6 Å². The molecule has 1 aliphatic rings. The highest BCUT2D eigenvalue weighted by molar-refractivity contribution is 8.13. The van der Waals surface area contributed by atoms with E-state index in [0.717, 1.165) is 80.4 Å². The van der Waals surface area contributed by atoms with Gasteiger partial charge < -0.3 is 61.1 Å². The molecule has 1 saturated heterocycles. The first-order valence-corrected chi connectivity index (χ1v) is 26.3. The van der Waals surface area contributed by atoms with Gasteiger partial charge in [0.05, 0.1) is 31.7 Å². The van der Waals surface area contributed by atoms with E-state index in [-0.39, 0.29) is 59.9 Å². The predicted octanol–water partition coefficient (Wildman–Crippen LogP) is 1.31. The number of fused-ring (bicyclic) bond motifs is 1. The number of aromatic nitrogens is 4. The third kappa shape index (κ3) is 19.9. The Kier molecular flexibility index (Phi) is 23.0. The van der Waals surface area contributed by atoms with Crippen LogP contribution < -0.4 is 16.4 Å². The van der Waals surface area contributed by atoms with Crippen LogP contribution in [0.25, 0.3) is 11.2 Å². The minimum atomic E-state index is -5.59. The molecule has 0 aromatic carbocycles. The normalized spacial score (nSPS) is 21.3. The molecule has 26 nitrogen and oxygen atoms in total. The van der Waals surface area contributed by atoms with Crippen molar-refractivity contribution in [2.24, 2.45) is 5.41 Å². The number of nitrogens with one attached hydrogen (secondary N) is 2. The molecule has 1 aliphatic heterocycles. The zero-order chi connectivity index (χ0) is 48.6. The number of carbonyl (C=O) groups excluding carboxylic acids is 3. The standard InChI is InChI=1S/C35H62N7O19P3S/c1-4-5-10-22(43)11-8-6-7-9-12-23(44)17-26(46)65-16-15-37-25(45)13-14-38-33(49)30(48)35(2,3)19-58-64(55,56)61-63(53,54)57-18-24-29(60-62(50,51)52)28(47)34(59-24)42-21-41-27-31(36)39-20-40-32(27)42/h20-24,28-30,34,43-44,47-48H,4-19H2,1-3H3,(H,37,45)(H,38,49)(H,53,54)(H,55,56)(H2,36,39,40)(H2,50,51,52). The first-order valence-electron chi connectivity index (χ1n) is 20.8. The van der Waals surface area contributed by atoms with Crippen molar-refractivity contribution in [2.75, 3.05) is 37.8 Å². The summed E-state index contributed by atoms with van der Waals surface area (Å²) in [5.74, 6) is -1.27. The highest BCUT2D eigenvalue weighted by Crippen LogP contribution is 2.61. The number of aliphatic hydroxyl groups excluding tert-OH is 4. The lowest BCUT2D eigenvalue weighted by atomic mass is 9.87. The van der Waals surface area contributed by atoms with Gasteiger partial charge in [0.1, 0.15) is 36.3 Å². The summed E-state index contributed by atoms with van der Waals surface area (Å²) in [6.45, 7) is 2.42. The monoisotopic (exact) mass is 1010 g/mol. The maximum Gasteiger partial charge on any atom is 0.481 e. The van der Waals surface area contributed by atoms with Crippen LogP contribution in [-0.4, -0.2) is 145 Å². The first-order chi connectivity index (χ1) is 30.3. The number of nitrogens with zero attached hydrogens (tertiary/aromatic N) is 4. The molecule has 2 amide bonds. The summed E-state index contributed by atoms with van der Waals surface area (Å²) in [6.07, 6.45) is -0.413. The van der Waals surface area contributed by atoms with Gasteiger partial charge in [-0.1, -0.05) is 71.1 Å². The van der Waals surface area contributed by atoms with Gasteiger partial charge in [-0.25, -0.2) is 28.6 Å². The van der Waals surface area contributed by atoms with Gasteiger partial charge in [0.25, 0.3) is 0 Å². The lowest BCUT2D eigenvalue weighted by molar-refractivity contribution is -0.137. The van der Waals surface area contributed by atoms with Gasteiger partial charge in [0.15, 0.2) is 22.8 Å². The van der Waals surface area contributed by atoms with E-state index >= 15 is 0 Å². The van der Waals surface area contributed by atoms with Gasteiger partial charge in [-0.15, -0.1) is 0 Å². The molecular weight excluding hydrogens is 947 g/mol. The number of thioether (sulfide) groups is 1. The van der Waals surface area contributed by atoms with E-state index in [1.807, 2.05) is 0 Å². The van der Waals surface area contributed by atoms with Gasteiger partial charge in [-0.05, 0) is 19.3 Å². The summed E-state index contributed by atoms with van der Waals surface area (Å²) in [5.41, 5.74) is 4.23. The number of rotatable bonds is 31. The molecule has 12 N–H and O–H groups in total. The Morgan fingerprint density at radius 1 is 0.923 bits per heavy atom. The summed E-state index contributed by atoms with van der Waals surface area (Å²) in [5, 5.41) is 46.3. The first kappa shape index (κ1) is 56.8. The largest absolute Gasteiger partial charge is 0.481 e. The van der Waals surface area contributed by atoms with Gasteiger partial charge in [0, 0.05) is 37.1 Å².